The van der Waals surface area contributed by atoms with E-state index in [1.165, 1.54) is 24.7 Å². The van der Waals surface area contributed by atoms with Crippen molar-refractivity contribution in [3.8, 4) is 0 Å². The molecule has 0 radical (unpaired) electrons. The first-order chi connectivity index (χ1) is 9.11. The Morgan fingerprint density at radius 2 is 2.21 bits per heavy atom. The van der Waals surface area contributed by atoms with Gasteiger partial charge in [-0.25, -0.2) is 24.1 Å². The summed E-state index contributed by atoms with van der Waals surface area (Å²) >= 11 is 0.975. The average molecular weight is 279 g/mol. The molecule has 7 heteroatoms. The molecule has 0 aliphatic heterocycles. The highest BCUT2D eigenvalue weighted by Crippen LogP contribution is 2.27. The van der Waals surface area contributed by atoms with E-state index in [0.29, 0.717) is 17.1 Å². The van der Waals surface area contributed by atoms with Crippen LogP contribution in [0.1, 0.15) is 23.0 Å². The Bertz CT molecular complexity index is 622. The zero-order valence-electron chi connectivity index (χ0n) is 10.00. The van der Waals surface area contributed by atoms with Gasteiger partial charge < -0.3 is 5.11 Å². The zero-order chi connectivity index (χ0) is 13.8. The molecule has 2 heterocycles. The van der Waals surface area contributed by atoms with Crippen molar-refractivity contribution in [3.63, 3.8) is 0 Å². The molecule has 0 aliphatic rings. The lowest BCUT2D eigenvalue weighted by molar-refractivity contribution is 0.0696. The maximum absolute atomic E-state index is 13.9. The number of halogens is 1. The highest BCUT2D eigenvalue weighted by Gasteiger charge is 2.13. The predicted octanol–water partition coefficient (Wildman–Crippen LogP) is 2.42. The normalized spacial score (nSPS) is 10.4. The number of rotatable bonds is 4. The van der Waals surface area contributed by atoms with Gasteiger partial charge in [0, 0.05) is 6.20 Å². The Morgan fingerprint density at radius 3 is 2.89 bits per heavy atom. The van der Waals surface area contributed by atoms with Gasteiger partial charge in [0.15, 0.2) is 5.82 Å². The lowest BCUT2D eigenvalue weighted by Crippen LogP contribution is -1.99. The maximum Gasteiger partial charge on any atom is 0.335 e. The molecule has 0 aliphatic carbocycles. The number of aromatic nitrogens is 3. The molecule has 19 heavy (non-hydrogen) atoms. The summed E-state index contributed by atoms with van der Waals surface area (Å²) in [5, 5.41) is 9.39. The summed E-state index contributed by atoms with van der Waals surface area (Å²) in [4.78, 5) is 22.5. The number of nitrogens with zero attached hydrogens (tertiary/aromatic N) is 3. The molecule has 0 saturated heterocycles. The molecule has 98 valence electrons. The van der Waals surface area contributed by atoms with E-state index in [1.807, 2.05) is 0 Å². The molecule has 0 unspecified atom stereocenters. The van der Waals surface area contributed by atoms with Crippen LogP contribution in [-0.2, 0) is 6.42 Å². The number of hydrogen-bond acceptors (Lipinski definition) is 5. The molecular formula is C12H10FN3O2S. The Balaban J connectivity index is 2.31. The zero-order valence-corrected chi connectivity index (χ0v) is 10.8. The minimum atomic E-state index is -1.05. The quantitative estimate of drug-likeness (QED) is 0.866. The number of aryl methyl sites for hydroxylation is 1. The SMILES string of the molecule is CCc1ncnc(Sc2cc(C(=O)O)ccn2)c1F. The largest absolute Gasteiger partial charge is 0.478 e. The van der Waals surface area contributed by atoms with Crippen molar-refractivity contribution in [1.29, 1.82) is 0 Å². The molecule has 0 amide bonds. The fourth-order valence-corrected chi connectivity index (χ4v) is 2.21. The Labute approximate surface area is 112 Å². The minimum absolute atomic E-state index is 0.0997. The summed E-state index contributed by atoms with van der Waals surface area (Å²) in [6.45, 7) is 1.79. The lowest BCUT2D eigenvalue weighted by Gasteiger charge is -2.04. The average Bonchev–Trinajstić information content (AvgIpc) is 2.41. The molecule has 2 aromatic heterocycles. The van der Waals surface area contributed by atoms with Gasteiger partial charge in [0.2, 0.25) is 0 Å². The number of carboxylic acids is 1. The Kier molecular flexibility index (Phi) is 4.06. The topological polar surface area (TPSA) is 76.0 Å². The van der Waals surface area contributed by atoms with Crippen molar-refractivity contribution >= 4 is 17.7 Å². The summed E-state index contributed by atoms with van der Waals surface area (Å²) in [5.74, 6) is -1.54. The first-order valence-electron chi connectivity index (χ1n) is 5.48. The summed E-state index contributed by atoms with van der Waals surface area (Å²) in [7, 11) is 0. The van der Waals surface area contributed by atoms with Crippen LogP contribution in [0, 0.1) is 5.82 Å². The number of pyridine rings is 1. The Hall–Kier alpha value is -2.02. The van der Waals surface area contributed by atoms with Crippen LogP contribution in [0.3, 0.4) is 0 Å². The number of aromatic carboxylic acids is 1. The van der Waals surface area contributed by atoms with E-state index in [0.717, 1.165) is 11.8 Å². The van der Waals surface area contributed by atoms with E-state index >= 15 is 0 Å². The maximum atomic E-state index is 13.9. The standard InChI is InChI=1S/C12H10FN3O2S/c1-2-8-10(13)11(16-6-15-8)19-9-5-7(12(17)18)3-4-14-9/h3-6H,2H2,1H3,(H,17,18). The van der Waals surface area contributed by atoms with E-state index in [4.69, 9.17) is 5.11 Å². The van der Waals surface area contributed by atoms with Gasteiger partial charge in [0.1, 0.15) is 16.4 Å². The predicted molar refractivity (Wildman–Crippen MR) is 66.7 cm³/mol. The van der Waals surface area contributed by atoms with E-state index < -0.39 is 11.8 Å². The molecule has 0 spiro atoms. The van der Waals surface area contributed by atoms with E-state index in [2.05, 4.69) is 15.0 Å². The summed E-state index contributed by atoms with van der Waals surface area (Å²) in [6, 6.07) is 2.75. The summed E-state index contributed by atoms with van der Waals surface area (Å²) < 4.78 is 13.9. The van der Waals surface area contributed by atoms with Crippen LogP contribution in [0.25, 0.3) is 0 Å². The number of hydrogen-bond donors (Lipinski definition) is 1. The first-order valence-corrected chi connectivity index (χ1v) is 6.30. The van der Waals surface area contributed by atoms with Crippen LogP contribution < -0.4 is 0 Å². The highest BCUT2D eigenvalue weighted by atomic mass is 32.2. The van der Waals surface area contributed by atoms with E-state index in [9.17, 15) is 9.18 Å². The lowest BCUT2D eigenvalue weighted by atomic mass is 10.3. The summed E-state index contributed by atoms with van der Waals surface area (Å²) in [5.41, 5.74) is 0.426. The number of carbonyl (C=O) groups is 1. The van der Waals surface area contributed by atoms with Crippen molar-refractivity contribution in [2.75, 3.05) is 0 Å². The van der Waals surface area contributed by atoms with Crippen LogP contribution in [0.2, 0.25) is 0 Å². The first kappa shape index (κ1) is 13.4. The van der Waals surface area contributed by atoms with Crippen LogP contribution in [0.5, 0.6) is 0 Å². The number of carboxylic acid groups (broad SMARTS) is 1. The van der Waals surface area contributed by atoms with E-state index in [-0.39, 0.29) is 10.6 Å². The van der Waals surface area contributed by atoms with Crippen molar-refractivity contribution < 1.29 is 14.3 Å². The van der Waals surface area contributed by atoms with Gasteiger partial charge in [0.05, 0.1) is 11.3 Å². The third-order valence-corrected chi connectivity index (χ3v) is 3.26. The molecule has 2 aromatic rings. The van der Waals surface area contributed by atoms with Crippen molar-refractivity contribution in [2.24, 2.45) is 0 Å². The molecule has 5 nitrogen and oxygen atoms in total. The fraction of sp³-hybridized carbons (Fsp3) is 0.167. The van der Waals surface area contributed by atoms with Crippen LogP contribution in [0.4, 0.5) is 4.39 Å². The monoisotopic (exact) mass is 279 g/mol. The molecule has 0 aromatic carbocycles. The van der Waals surface area contributed by atoms with Crippen molar-refractivity contribution in [2.45, 2.75) is 23.4 Å². The van der Waals surface area contributed by atoms with Crippen molar-refractivity contribution in [1.82, 2.24) is 15.0 Å². The third kappa shape index (κ3) is 3.05. The fourth-order valence-electron chi connectivity index (χ4n) is 1.40. The van der Waals surface area contributed by atoms with Gasteiger partial charge in [-0.05, 0) is 30.3 Å². The minimum Gasteiger partial charge on any atom is -0.478 e. The summed E-state index contributed by atoms with van der Waals surface area (Å²) in [6.07, 6.45) is 3.11. The molecule has 0 bridgehead atoms. The van der Waals surface area contributed by atoms with Gasteiger partial charge in [-0.2, -0.15) is 0 Å². The highest BCUT2D eigenvalue weighted by molar-refractivity contribution is 7.99. The second-order valence-electron chi connectivity index (χ2n) is 3.58. The molecule has 2 rings (SSSR count). The van der Waals surface area contributed by atoms with Gasteiger partial charge in [-0.1, -0.05) is 6.92 Å². The van der Waals surface area contributed by atoms with Gasteiger partial charge in [-0.3, -0.25) is 0 Å². The van der Waals surface area contributed by atoms with Crippen LogP contribution >= 0.6 is 11.8 Å². The molecular weight excluding hydrogens is 269 g/mol. The van der Waals surface area contributed by atoms with Crippen LogP contribution in [-0.4, -0.2) is 26.0 Å². The molecule has 0 atom stereocenters. The Morgan fingerprint density at radius 1 is 1.42 bits per heavy atom. The van der Waals surface area contributed by atoms with Crippen LogP contribution in [0.15, 0.2) is 34.7 Å². The van der Waals surface area contributed by atoms with Gasteiger partial charge in [-0.15, -0.1) is 0 Å². The van der Waals surface area contributed by atoms with Gasteiger partial charge >= 0.3 is 5.97 Å². The smallest absolute Gasteiger partial charge is 0.335 e. The van der Waals surface area contributed by atoms with Crippen molar-refractivity contribution in [3.05, 3.63) is 41.7 Å². The molecule has 1 N–H and O–H groups in total. The second-order valence-corrected chi connectivity index (χ2v) is 4.59. The third-order valence-electron chi connectivity index (χ3n) is 2.35. The van der Waals surface area contributed by atoms with Gasteiger partial charge in [0.25, 0.3) is 0 Å². The molecule has 0 fully saturated rings. The molecule has 0 saturated carbocycles. The van der Waals surface area contributed by atoms with E-state index in [1.54, 1.807) is 6.92 Å². The second kappa shape index (κ2) is 5.75.